The largest absolute Gasteiger partial charge is 0.280 e. The average Bonchev–Trinajstić information content (AvgIpc) is 3.09. The molecule has 0 atom stereocenters. The summed E-state index contributed by atoms with van der Waals surface area (Å²) in [5.41, 5.74) is 3.75. The topological polar surface area (TPSA) is 89.2 Å². The summed E-state index contributed by atoms with van der Waals surface area (Å²) in [6.07, 6.45) is 1.95. The Morgan fingerprint density at radius 2 is 1.79 bits per heavy atom. The number of benzene rings is 2. The van der Waals surface area contributed by atoms with Crippen LogP contribution in [0.3, 0.4) is 0 Å². The molecule has 4 aromatic rings. The van der Waals surface area contributed by atoms with E-state index >= 15 is 0 Å². The van der Waals surface area contributed by atoms with Gasteiger partial charge in [0.2, 0.25) is 0 Å². The number of aryl methyl sites for hydroxylation is 2. The van der Waals surface area contributed by atoms with Crippen LogP contribution in [0.15, 0.2) is 65.6 Å². The molecule has 8 heteroatoms. The molecule has 148 valence electrons. The Morgan fingerprint density at radius 3 is 2.55 bits per heavy atom. The number of anilines is 1. The lowest BCUT2D eigenvalue weighted by atomic mass is 10.1. The Kier molecular flexibility index (Phi) is 5.02. The first-order valence-corrected chi connectivity index (χ1v) is 10.9. The predicted octanol–water partition coefficient (Wildman–Crippen LogP) is 3.85. The number of aromatic nitrogens is 4. The molecule has 0 aliphatic heterocycles. The van der Waals surface area contributed by atoms with Gasteiger partial charge in [-0.2, -0.15) is 9.61 Å². The first kappa shape index (κ1) is 19.1. The van der Waals surface area contributed by atoms with Gasteiger partial charge in [0.1, 0.15) is 0 Å². The summed E-state index contributed by atoms with van der Waals surface area (Å²) < 4.78 is 29.8. The van der Waals surface area contributed by atoms with E-state index in [4.69, 9.17) is 0 Å². The van der Waals surface area contributed by atoms with Gasteiger partial charge in [0.05, 0.1) is 10.6 Å². The standard InChI is InChI=1S/C21H21N5O2S/c1-3-5-16-8-10-19(11-9-16)29(27,28)25-18-7-4-6-17(14-18)20-12-13-21-23-22-15(2)26(21)24-20/h4,6-14,25H,3,5H2,1-2H3. The highest BCUT2D eigenvalue weighted by Gasteiger charge is 2.15. The normalized spacial score (nSPS) is 11.7. The molecule has 0 aliphatic rings. The summed E-state index contributed by atoms with van der Waals surface area (Å²) in [7, 11) is -3.67. The molecule has 29 heavy (non-hydrogen) atoms. The number of fused-ring (bicyclic) bond motifs is 1. The zero-order chi connectivity index (χ0) is 20.4. The van der Waals surface area contributed by atoms with Crippen molar-refractivity contribution in [2.24, 2.45) is 0 Å². The van der Waals surface area contributed by atoms with Gasteiger partial charge in [-0.1, -0.05) is 37.6 Å². The van der Waals surface area contributed by atoms with Crippen molar-refractivity contribution in [3.63, 3.8) is 0 Å². The van der Waals surface area contributed by atoms with E-state index in [1.54, 1.807) is 34.8 Å². The van der Waals surface area contributed by atoms with Gasteiger partial charge in [-0.3, -0.25) is 4.72 Å². The molecule has 2 heterocycles. The second-order valence-corrected chi connectivity index (χ2v) is 8.50. The highest BCUT2D eigenvalue weighted by Crippen LogP contribution is 2.23. The third kappa shape index (κ3) is 3.97. The number of hydrogen-bond acceptors (Lipinski definition) is 5. The first-order chi connectivity index (χ1) is 14.0. The van der Waals surface area contributed by atoms with Crippen molar-refractivity contribution >= 4 is 21.4 Å². The third-order valence-corrected chi connectivity index (χ3v) is 6.00. The molecule has 0 spiro atoms. The van der Waals surface area contributed by atoms with Crippen molar-refractivity contribution in [1.82, 2.24) is 19.8 Å². The third-order valence-electron chi connectivity index (χ3n) is 4.60. The summed E-state index contributed by atoms with van der Waals surface area (Å²) in [5, 5.41) is 12.6. The predicted molar refractivity (Wildman–Crippen MR) is 112 cm³/mol. The van der Waals surface area contributed by atoms with Gasteiger partial charge in [-0.15, -0.1) is 10.2 Å². The summed E-state index contributed by atoms with van der Waals surface area (Å²) in [6.45, 7) is 3.92. The Bertz CT molecular complexity index is 1260. The minimum Gasteiger partial charge on any atom is -0.280 e. The van der Waals surface area contributed by atoms with E-state index in [1.165, 1.54) is 0 Å². The fraction of sp³-hybridized carbons (Fsp3) is 0.190. The second-order valence-electron chi connectivity index (χ2n) is 6.82. The maximum absolute atomic E-state index is 12.8. The van der Waals surface area contributed by atoms with E-state index in [0.717, 1.165) is 24.0 Å². The van der Waals surface area contributed by atoms with Gasteiger partial charge < -0.3 is 0 Å². The first-order valence-electron chi connectivity index (χ1n) is 9.37. The van der Waals surface area contributed by atoms with Gasteiger partial charge in [-0.25, -0.2) is 8.42 Å². The number of nitrogens with one attached hydrogen (secondary N) is 1. The maximum Gasteiger partial charge on any atom is 0.261 e. The van der Waals surface area contributed by atoms with Crippen LogP contribution < -0.4 is 4.72 Å². The molecule has 0 aliphatic carbocycles. The molecule has 2 aromatic heterocycles. The van der Waals surface area contributed by atoms with Crippen LogP contribution in [0.4, 0.5) is 5.69 Å². The lowest BCUT2D eigenvalue weighted by molar-refractivity contribution is 0.601. The fourth-order valence-electron chi connectivity index (χ4n) is 3.13. The molecule has 0 saturated heterocycles. The Balaban J connectivity index is 1.61. The molecular formula is C21H21N5O2S. The van der Waals surface area contributed by atoms with Crippen molar-refractivity contribution in [3.8, 4) is 11.3 Å². The van der Waals surface area contributed by atoms with Crippen molar-refractivity contribution in [2.75, 3.05) is 4.72 Å². The van der Waals surface area contributed by atoms with Gasteiger partial charge >= 0.3 is 0 Å². The van der Waals surface area contributed by atoms with Crippen LogP contribution >= 0.6 is 0 Å². The summed E-state index contributed by atoms with van der Waals surface area (Å²) in [6, 6.07) is 17.8. The molecule has 0 radical (unpaired) electrons. The van der Waals surface area contributed by atoms with Crippen LogP contribution in [0, 0.1) is 6.92 Å². The Labute approximate surface area is 169 Å². The van der Waals surface area contributed by atoms with Crippen LogP contribution in [0.1, 0.15) is 24.7 Å². The zero-order valence-corrected chi connectivity index (χ0v) is 17.0. The quantitative estimate of drug-likeness (QED) is 0.524. The van der Waals surface area contributed by atoms with E-state index in [0.29, 0.717) is 22.9 Å². The molecule has 2 aromatic carbocycles. The van der Waals surface area contributed by atoms with E-state index in [-0.39, 0.29) is 4.90 Å². The highest BCUT2D eigenvalue weighted by atomic mass is 32.2. The monoisotopic (exact) mass is 407 g/mol. The summed E-state index contributed by atoms with van der Waals surface area (Å²) >= 11 is 0. The Hall–Kier alpha value is -3.26. The Morgan fingerprint density at radius 1 is 1.00 bits per heavy atom. The smallest absolute Gasteiger partial charge is 0.261 e. The molecule has 4 rings (SSSR count). The second kappa shape index (κ2) is 7.63. The van der Waals surface area contributed by atoms with Gasteiger partial charge in [0.15, 0.2) is 11.5 Å². The van der Waals surface area contributed by atoms with Crippen molar-refractivity contribution < 1.29 is 8.42 Å². The summed E-state index contributed by atoms with van der Waals surface area (Å²) in [4.78, 5) is 0.238. The lowest BCUT2D eigenvalue weighted by Gasteiger charge is -2.10. The molecule has 0 unspecified atom stereocenters. The molecule has 1 N–H and O–H groups in total. The SMILES string of the molecule is CCCc1ccc(S(=O)(=O)Nc2cccc(-c3ccc4nnc(C)n4n3)c2)cc1. The number of hydrogen-bond donors (Lipinski definition) is 1. The molecule has 0 saturated carbocycles. The number of rotatable bonds is 6. The average molecular weight is 407 g/mol. The van der Waals surface area contributed by atoms with Crippen molar-refractivity contribution in [3.05, 3.63) is 72.1 Å². The summed E-state index contributed by atoms with van der Waals surface area (Å²) in [5.74, 6) is 0.685. The van der Waals surface area contributed by atoms with Gasteiger partial charge in [0, 0.05) is 11.3 Å². The molecule has 0 amide bonds. The van der Waals surface area contributed by atoms with Gasteiger partial charge in [0.25, 0.3) is 10.0 Å². The van der Waals surface area contributed by atoms with Crippen LogP contribution in [0.25, 0.3) is 16.9 Å². The minimum atomic E-state index is -3.67. The molecule has 0 fully saturated rings. The number of nitrogens with zero attached hydrogens (tertiary/aromatic N) is 4. The van der Waals surface area contributed by atoms with Gasteiger partial charge in [-0.05, 0) is 55.3 Å². The van der Waals surface area contributed by atoms with E-state index in [2.05, 4.69) is 26.9 Å². The van der Waals surface area contributed by atoms with Crippen LogP contribution in [0.5, 0.6) is 0 Å². The zero-order valence-electron chi connectivity index (χ0n) is 16.2. The van der Waals surface area contributed by atoms with Crippen LogP contribution in [-0.2, 0) is 16.4 Å². The van der Waals surface area contributed by atoms with E-state index in [1.807, 2.05) is 37.3 Å². The van der Waals surface area contributed by atoms with Crippen molar-refractivity contribution in [2.45, 2.75) is 31.6 Å². The van der Waals surface area contributed by atoms with E-state index < -0.39 is 10.0 Å². The van der Waals surface area contributed by atoms with Crippen LogP contribution in [-0.4, -0.2) is 28.2 Å². The molecule has 7 nitrogen and oxygen atoms in total. The lowest BCUT2D eigenvalue weighted by Crippen LogP contribution is -2.13. The van der Waals surface area contributed by atoms with Crippen molar-refractivity contribution in [1.29, 1.82) is 0 Å². The minimum absolute atomic E-state index is 0.238. The maximum atomic E-state index is 12.8. The molecule has 0 bridgehead atoms. The van der Waals surface area contributed by atoms with E-state index in [9.17, 15) is 8.42 Å². The highest BCUT2D eigenvalue weighted by molar-refractivity contribution is 7.92. The fourth-order valence-corrected chi connectivity index (χ4v) is 4.18. The molecular weight excluding hydrogens is 386 g/mol. The van der Waals surface area contributed by atoms with Crippen LogP contribution in [0.2, 0.25) is 0 Å². The number of sulfonamides is 1.